The number of benzene rings is 1. The Kier molecular flexibility index (Phi) is 4.79. The third kappa shape index (κ3) is 4.02. The van der Waals surface area contributed by atoms with Crippen molar-refractivity contribution in [2.45, 2.75) is 32.3 Å². The first kappa shape index (κ1) is 12.2. The van der Waals surface area contributed by atoms with Gasteiger partial charge in [-0.3, -0.25) is 4.79 Å². The second-order valence-electron chi connectivity index (χ2n) is 3.67. The molecule has 1 aromatic rings. The van der Waals surface area contributed by atoms with Crippen molar-refractivity contribution < 1.29 is 9.90 Å². The smallest absolute Gasteiger partial charge is 0.252 e. The van der Waals surface area contributed by atoms with Crippen molar-refractivity contribution in [3.05, 3.63) is 35.4 Å². The summed E-state index contributed by atoms with van der Waals surface area (Å²) in [4.78, 5) is 11.1. The molecule has 0 fully saturated rings. The van der Waals surface area contributed by atoms with E-state index in [1.807, 2.05) is 12.1 Å². The maximum absolute atomic E-state index is 11.1. The molecule has 0 aromatic heterocycles. The van der Waals surface area contributed by atoms with E-state index in [1.165, 1.54) is 0 Å². The van der Waals surface area contributed by atoms with E-state index >= 15 is 0 Å². The van der Waals surface area contributed by atoms with Gasteiger partial charge in [0, 0.05) is 5.56 Å². The molecular weight excluding hydrogens is 212 g/mol. The molecule has 82 valence electrons. The molecule has 0 amide bonds. The summed E-state index contributed by atoms with van der Waals surface area (Å²) in [5.41, 5.74) is 1.53. The minimum atomic E-state index is -0.414. The highest BCUT2D eigenvalue weighted by molar-refractivity contribution is 6.67. The summed E-state index contributed by atoms with van der Waals surface area (Å²) in [6, 6.07) is 7.32. The van der Waals surface area contributed by atoms with Gasteiger partial charge < -0.3 is 5.11 Å². The van der Waals surface area contributed by atoms with Crippen LogP contribution in [0.5, 0.6) is 0 Å². The Labute approximate surface area is 94.9 Å². The first-order valence-electron chi connectivity index (χ1n) is 5.07. The molecule has 0 bridgehead atoms. The molecule has 0 aliphatic carbocycles. The summed E-state index contributed by atoms with van der Waals surface area (Å²) in [5, 5.41) is 8.70. The number of aliphatic hydroxyl groups is 1. The maximum Gasteiger partial charge on any atom is 0.252 e. The number of carbonyl (C=O) groups excluding carboxylic acids is 1. The fourth-order valence-electron chi connectivity index (χ4n) is 1.52. The van der Waals surface area contributed by atoms with Gasteiger partial charge in [0.15, 0.2) is 0 Å². The van der Waals surface area contributed by atoms with Crippen LogP contribution in [0.3, 0.4) is 0 Å². The average molecular weight is 227 g/mol. The molecule has 1 atom stereocenters. The lowest BCUT2D eigenvalue weighted by Crippen LogP contribution is -2.02. The summed E-state index contributed by atoms with van der Waals surface area (Å²) in [5.74, 6) is 0. The number of halogens is 1. The molecule has 2 nitrogen and oxygen atoms in total. The predicted molar refractivity (Wildman–Crippen MR) is 61.2 cm³/mol. The van der Waals surface area contributed by atoms with Crippen LogP contribution in [0.4, 0.5) is 0 Å². The van der Waals surface area contributed by atoms with E-state index in [1.54, 1.807) is 19.1 Å². The molecule has 0 saturated carbocycles. The van der Waals surface area contributed by atoms with Crippen molar-refractivity contribution in [2.75, 3.05) is 0 Å². The van der Waals surface area contributed by atoms with Crippen molar-refractivity contribution >= 4 is 16.8 Å². The molecule has 0 heterocycles. The lowest BCUT2D eigenvalue weighted by molar-refractivity contribution is 0.108. The number of rotatable bonds is 5. The van der Waals surface area contributed by atoms with Crippen molar-refractivity contribution in [1.29, 1.82) is 0 Å². The Morgan fingerprint density at radius 1 is 1.47 bits per heavy atom. The van der Waals surface area contributed by atoms with Crippen LogP contribution in [0, 0.1) is 0 Å². The van der Waals surface area contributed by atoms with E-state index in [0.29, 0.717) is 5.56 Å². The van der Waals surface area contributed by atoms with E-state index in [2.05, 4.69) is 0 Å². The maximum atomic E-state index is 11.1. The van der Waals surface area contributed by atoms with Gasteiger partial charge in [-0.1, -0.05) is 18.2 Å². The van der Waals surface area contributed by atoms with Crippen molar-refractivity contribution in [1.82, 2.24) is 0 Å². The fraction of sp³-hybridized carbons (Fsp3) is 0.417. The highest BCUT2D eigenvalue weighted by atomic mass is 35.5. The Morgan fingerprint density at radius 3 is 2.73 bits per heavy atom. The Hall–Kier alpha value is -0.860. The van der Waals surface area contributed by atoms with Crippen LogP contribution >= 0.6 is 11.6 Å². The van der Waals surface area contributed by atoms with Gasteiger partial charge in [-0.05, 0) is 49.4 Å². The second-order valence-corrected chi connectivity index (χ2v) is 4.02. The highest BCUT2D eigenvalue weighted by Crippen LogP contribution is 2.14. The minimum absolute atomic E-state index is 0.288. The van der Waals surface area contributed by atoms with E-state index in [-0.39, 0.29) is 6.10 Å². The molecule has 0 aliphatic rings. The van der Waals surface area contributed by atoms with Crippen LogP contribution in [0.25, 0.3) is 0 Å². The van der Waals surface area contributed by atoms with Crippen molar-refractivity contribution in [3.63, 3.8) is 0 Å². The molecular formula is C12H15ClO2. The van der Waals surface area contributed by atoms with Crippen LogP contribution in [-0.4, -0.2) is 16.5 Å². The molecule has 0 aliphatic heterocycles. The lowest BCUT2D eigenvalue weighted by atomic mass is 10.0. The fourth-order valence-corrected chi connectivity index (χ4v) is 1.70. The summed E-state index contributed by atoms with van der Waals surface area (Å²) in [7, 11) is 0. The standard InChI is InChI=1S/C12H15ClO2/c1-9(14)5-4-7-10-6-2-3-8-11(10)12(13)15/h2-3,6,8-9,14H,4-5,7H2,1H3. The summed E-state index contributed by atoms with van der Waals surface area (Å²) in [6.07, 6.45) is 2.09. The van der Waals surface area contributed by atoms with Gasteiger partial charge >= 0.3 is 0 Å². The quantitative estimate of drug-likeness (QED) is 0.784. The third-order valence-electron chi connectivity index (χ3n) is 2.30. The largest absolute Gasteiger partial charge is 0.393 e. The molecule has 1 aromatic carbocycles. The van der Waals surface area contributed by atoms with E-state index in [0.717, 1.165) is 24.8 Å². The van der Waals surface area contributed by atoms with Crippen LogP contribution in [0.1, 0.15) is 35.7 Å². The number of hydrogen-bond donors (Lipinski definition) is 1. The zero-order chi connectivity index (χ0) is 11.3. The summed E-state index contributed by atoms with van der Waals surface area (Å²) < 4.78 is 0. The minimum Gasteiger partial charge on any atom is -0.393 e. The van der Waals surface area contributed by atoms with Crippen LogP contribution in [0.15, 0.2) is 24.3 Å². The monoisotopic (exact) mass is 226 g/mol. The van der Waals surface area contributed by atoms with Gasteiger partial charge in [-0.2, -0.15) is 0 Å². The molecule has 0 spiro atoms. The van der Waals surface area contributed by atoms with Crippen LogP contribution in [-0.2, 0) is 6.42 Å². The van der Waals surface area contributed by atoms with Gasteiger partial charge in [-0.15, -0.1) is 0 Å². The number of aliphatic hydroxyl groups excluding tert-OH is 1. The molecule has 1 unspecified atom stereocenters. The van der Waals surface area contributed by atoms with Gasteiger partial charge in [0.1, 0.15) is 0 Å². The molecule has 1 N–H and O–H groups in total. The highest BCUT2D eigenvalue weighted by Gasteiger charge is 2.07. The zero-order valence-electron chi connectivity index (χ0n) is 8.74. The van der Waals surface area contributed by atoms with E-state index in [9.17, 15) is 4.79 Å². The molecule has 0 saturated heterocycles. The SMILES string of the molecule is CC(O)CCCc1ccccc1C(=O)Cl. The zero-order valence-corrected chi connectivity index (χ0v) is 9.50. The predicted octanol–water partition coefficient (Wildman–Crippen LogP) is 2.77. The lowest BCUT2D eigenvalue weighted by Gasteiger charge is -2.06. The molecule has 0 radical (unpaired) electrons. The van der Waals surface area contributed by atoms with Crippen LogP contribution in [0.2, 0.25) is 0 Å². The van der Waals surface area contributed by atoms with Gasteiger partial charge in [0.25, 0.3) is 5.24 Å². The molecule has 15 heavy (non-hydrogen) atoms. The Balaban J connectivity index is 2.63. The first-order valence-corrected chi connectivity index (χ1v) is 5.45. The van der Waals surface area contributed by atoms with Crippen molar-refractivity contribution in [3.8, 4) is 0 Å². The van der Waals surface area contributed by atoms with Crippen molar-refractivity contribution in [2.24, 2.45) is 0 Å². The number of hydrogen-bond acceptors (Lipinski definition) is 2. The van der Waals surface area contributed by atoms with Gasteiger partial charge in [0.2, 0.25) is 0 Å². The summed E-state index contributed by atoms with van der Waals surface area (Å²) >= 11 is 5.46. The third-order valence-corrected chi connectivity index (χ3v) is 2.50. The normalized spacial score (nSPS) is 12.5. The summed E-state index contributed by atoms with van der Waals surface area (Å²) in [6.45, 7) is 1.76. The van der Waals surface area contributed by atoms with E-state index in [4.69, 9.17) is 16.7 Å². The first-order chi connectivity index (χ1) is 7.11. The van der Waals surface area contributed by atoms with Gasteiger partial charge in [0.05, 0.1) is 6.10 Å². The van der Waals surface area contributed by atoms with Gasteiger partial charge in [-0.25, -0.2) is 0 Å². The topological polar surface area (TPSA) is 37.3 Å². The number of aryl methyl sites for hydroxylation is 1. The molecule has 1 rings (SSSR count). The second kappa shape index (κ2) is 5.89. The van der Waals surface area contributed by atoms with Crippen LogP contribution < -0.4 is 0 Å². The molecule has 3 heteroatoms. The number of carbonyl (C=O) groups is 1. The Bertz CT molecular complexity index is 334. The Morgan fingerprint density at radius 2 is 2.13 bits per heavy atom. The average Bonchev–Trinajstić information content (AvgIpc) is 2.17. The van der Waals surface area contributed by atoms with E-state index < -0.39 is 5.24 Å².